The molecule has 72 valence electrons. The average molecular weight is 174 g/mol. The number of alkyl halides is 1. The summed E-state index contributed by atoms with van der Waals surface area (Å²) in [6.45, 7) is 4.26. The Kier molecular flexibility index (Phi) is 3.95. The van der Waals surface area contributed by atoms with Crippen LogP contribution in [0.2, 0.25) is 0 Å². The molecule has 2 atom stereocenters. The Hall–Kier alpha value is -0.150. The number of likely N-dealkylation sites (tertiary alicyclic amines) is 1. The van der Waals surface area contributed by atoms with E-state index in [0.29, 0.717) is 19.1 Å². The van der Waals surface area contributed by atoms with Gasteiger partial charge in [-0.1, -0.05) is 6.92 Å². The summed E-state index contributed by atoms with van der Waals surface area (Å²) in [5.74, 6) is 0.759. The van der Waals surface area contributed by atoms with Gasteiger partial charge in [-0.05, 0) is 25.3 Å². The second-order valence-electron chi connectivity index (χ2n) is 3.74. The van der Waals surface area contributed by atoms with Crippen LogP contribution in [0.5, 0.6) is 0 Å². The van der Waals surface area contributed by atoms with Crippen molar-refractivity contribution in [3.05, 3.63) is 0 Å². The standard InChI is InChI=1S/C9H19FN2/c1-8-2-4-12(5-3-10)9(6-8)7-11/h8-9H,2-7,11H2,1H3. The lowest BCUT2D eigenvalue weighted by Crippen LogP contribution is -2.46. The predicted octanol–water partition coefficient (Wildman–Crippen LogP) is 1.02. The summed E-state index contributed by atoms with van der Waals surface area (Å²) in [5.41, 5.74) is 5.62. The molecule has 1 fully saturated rings. The third-order valence-corrected chi connectivity index (χ3v) is 2.74. The molecule has 1 aliphatic heterocycles. The van der Waals surface area contributed by atoms with Crippen LogP contribution >= 0.6 is 0 Å². The van der Waals surface area contributed by atoms with Crippen molar-refractivity contribution in [2.75, 3.05) is 26.3 Å². The number of nitrogens with zero attached hydrogens (tertiary/aromatic N) is 1. The molecule has 2 N–H and O–H groups in total. The van der Waals surface area contributed by atoms with E-state index in [9.17, 15) is 4.39 Å². The first-order valence-electron chi connectivity index (χ1n) is 4.78. The van der Waals surface area contributed by atoms with E-state index in [1.54, 1.807) is 0 Å². The first-order valence-corrected chi connectivity index (χ1v) is 4.78. The largest absolute Gasteiger partial charge is 0.329 e. The van der Waals surface area contributed by atoms with E-state index in [0.717, 1.165) is 18.9 Å². The van der Waals surface area contributed by atoms with Crippen molar-refractivity contribution in [2.45, 2.75) is 25.8 Å². The molecule has 2 nitrogen and oxygen atoms in total. The van der Waals surface area contributed by atoms with E-state index in [1.165, 1.54) is 6.42 Å². The van der Waals surface area contributed by atoms with E-state index in [1.807, 2.05) is 0 Å². The lowest BCUT2D eigenvalue weighted by molar-refractivity contribution is 0.114. The van der Waals surface area contributed by atoms with Gasteiger partial charge in [-0.3, -0.25) is 4.90 Å². The van der Waals surface area contributed by atoms with Crippen LogP contribution in [-0.4, -0.2) is 37.3 Å². The maximum absolute atomic E-state index is 12.1. The predicted molar refractivity (Wildman–Crippen MR) is 48.8 cm³/mol. The molecule has 0 radical (unpaired) electrons. The molecular formula is C9H19FN2. The zero-order valence-electron chi connectivity index (χ0n) is 7.80. The second kappa shape index (κ2) is 4.77. The first-order chi connectivity index (χ1) is 5.77. The van der Waals surface area contributed by atoms with Crippen LogP contribution in [0.4, 0.5) is 4.39 Å². The number of piperidine rings is 1. The molecule has 0 bridgehead atoms. The van der Waals surface area contributed by atoms with Gasteiger partial charge in [-0.25, -0.2) is 4.39 Å². The van der Waals surface area contributed by atoms with Gasteiger partial charge < -0.3 is 5.73 Å². The maximum atomic E-state index is 12.1. The Morgan fingerprint density at radius 2 is 2.33 bits per heavy atom. The Labute approximate surface area is 73.9 Å². The summed E-state index contributed by atoms with van der Waals surface area (Å²) < 4.78 is 12.1. The Morgan fingerprint density at radius 1 is 1.58 bits per heavy atom. The second-order valence-corrected chi connectivity index (χ2v) is 3.74. The van der Waals surface area contributed by atoms with Gasteiger partial charge in [0.2, 0.25) is 0 Å². The molecule has 0 spiro atoms. The van der Waals surface area contributed by atoms with Gasteiger partial charge in [0.1, 0.15) is 6.67 Å². The average Bonchev–Trinajstić information content (AvgIpc) is 2.08. The molecule has 0 saturated carbocycles. The Balaban J connectivity index is 2.39. The van der Waals surface area contributed by atoms with E-state index < -0.39 is 0 Å². The fourth-order valence-electron chi connectivity index (χ4n) is 1.95. The minimum absolute atomic E-state index is 0.245. The van der Waals surface area contributed by atoms with Crippen LogP contribution in [0.3, 0.4) is 0 Å². The van der Waals surface area contributed by atoms with E-state index in [4.69, 9.17) is 5.73 Å². The van der Waals surface area contributed by atoms with Crippen molar-refractivity contribution < 1.29 is 4.39 Å². The van der Waals surface area contributed by atoms with Crippen LogP contribution < -0.4 is 5.73 Å². The quantitative estimate of drug-likeness (QED) is 0.692. The summed E-state index contributed by atoms with van der Waals surface area (Å²) in [6.07, 6.45) is 2.33. The highest BCUT2D eigenvalue weighted by Crippen LogP contribution is 2.21. The minimum Gasteiger partial charge on any atom is -0.329 e. The summed E-state index contributed by atoms with van der Waals surface area (Å²) in [7, 11) is 0. The molecular weight excluding hydrogens is 155 g/mol. The molecule has 1 aliphatic rings. The third kappa shape index (κ3) is 2.42. The highest BCUT2D eigenvalue weighted by atomic mass is 19.1. The van der Waals surface area contributed by atoms with Crippen molar-refractivity contribution in [2.24, 2.45) is 11.7 Å². The molecule has 12 heavy (non-hydrogen) atoms. The topological polar surface area (TPSA) is 29.3 Å². The monoisotopic (exact) mass is 174 g/mol. The van der Waals surface area contributed by atoms with Gasteiger partial charge in [-0.2, -0.15) is 0 Å². The van der Waals surface area contributed by atoms with Crippen LogP contribution in [0, 0.1) is 5.92 Å². The number of nitrogens with two attached hydrogens (primary N) is 1. The Bertz CT molecular complexity index is 130. The van der Waals surface area contributed by atoms with E-state index in [2.05, 4.69) is 11.8 Å². The van der Waals surface area contributed by atoms with Gasteiger partial charge >= 0.3 is 0 Å². The van der Waals surface area contributed by atoms with E-state index >= 15 is 0 Å². The third-order valence-electron chi connectivity index (χ3n) is 2.74. The van der Waals surface area contributed by atoms with Crippen molar-refractivity contribution in [1.29, 1.82) is 0 Å². The minimum atomic E-state index is -0.245. The molecule has 0 aromatic rings. The molecule has 1 heterocycles. The van der Waals surface area contributed by atoms with Crippen LogP contribution in [0.25, 0.3) is 0 Å². The van der Waals surface area contributed by atoms with Gasteiger partial charge in [0, 0.05) is 19.1 Å². The zero-order chi connectivity index (χ0) is 8.97. The summed E-state index contributed by atoms with van der Waals surface area (Å²) in [4.78, 5) is 2.18. The normalized spacial score (nSPS) is 32.2. The highest BCUT2D eigenvalue weighted by Gasteiger charge is 2.24. The highest BCUT2D eigenvalue weighted by molar-refractivity contribution is 4.80. The van der Waals surface area contributed by atoms with Gasteiger partial charge in [0.15, 0.2) is 0 Å². The van der Waals surface area contributed by atoms with Crippen molar-refractivity contribution in [3.63, 3.8) is 0 Å². The smallest absolute Gasteiger partial charge is 0.102 e. The molecule has 0 aliphatic carbocycles. The molecule has 2 unspecified atom stereocenters. The Morgan fingerprint density at radius 3 is 2.92 bits per heavy atom. The summed E-state index contributed by atoms with van der Waals surface area (Å²) in [5, 5.41) is 0. The first kappa shape index (κ1) is 9.93. The molecule has 3 heteroatoms. The summed E-state index contributed by atoms with van der Waals surface area (Å²) >= 11 is 0. The summed E-state index contributed by atoms with van der Waals surface area (Å²) in [6, 6.07) is 0.421. The fraction of sp³-hybridized carbons (Fsp3) is 1.00. The molecule has 0 aromatic carbocycles. The van der Waals surface area contributed by atoms with Crippen molar-refractivity contribution >= 4 is 0 Å². The lowest BCUT2D eigenvalue weighted by Gasteiger charge is -2.37. The molecule has 0 amide bonds. The molecule has 1 rings (SSSR count). The zero-order valence-corrected chi connectivity index (χ0v) is 7.80. The van der Waals surface area contributed by atoms with Crippen LogP contribution in [-0.2, 0) is 0 Å². The van der Waals surface area contributed by atoms with E-state index in [-0.39, 0.29) is 6.67 Å². The number of halogens is 1. The fourth-order valence-corrected chi connectivity index (χ4v) is 1.95. The lowest BCUT2D eigenvalue weighted by atomic mass is 9.92. The van der Waals surface area contributed by atoms with Crippen LogP contribution in [0.1, 0.15) is 19.8 Å². The van der Waals surface area contributed by atoms with Gasteiger partial charge in [0.05, 0.1) is 0 Å². The number of rotatable bonds is 3. The van der Waals surface area contributed by atoms with Crippen molar-refractivity contribution in [1.82, 2.24) is 4.90 Å². The van der Waals surface area contributed by atoms with Gasteiger partial charge in [0.25, 0.3) is 0 Å². The molecule has 1 saturated heterocycles. The van der Waals surface area contributed by atoms with Crippen molar-refractivity contribution in [3.8, 4) is 0 Å². The SMILES string of the molecule is CC1CCN(CCF)C(CN)C1. The van der Waals surface area contributed by atoms with Gasteiger partial charge in [-0.15, -0.1) is 0 Å². The maximum Gasteiger partial charge on any atom is 0.102 e. The number of hydrogen-bond acceptors (Lipinski definition) is 2. The molecule has 0 aromatic heterocycles. The van der Waals surface area contributed by atoms with Crippen LogP contribution in [0.15, 0.2) is 0 Å². The number of hydrogen-bond donors (Lipinski definition) is 1.